The second kappa shape index (κ2) is 26.0. The molecule has 4 aliphatic heterocycles. The number of hydrogen-bond acceptors (Lipinski definition) is 14. The molecule has 16 nitrogen and oxygen atoms in total. The summed E-state index contributed by atoms with van der Waals surface area (Å²) in [5.74, 6) is 1.60. The minimum atomic E-state index is -3.08. The third kappa shape index (κ3) is 13.9. The number of pyridine rings is 2. The van der Waals surface area contributed by atoms with Crippen molar-refractivity contribution in [2.75, 3.05) is 20.8 Å². The maximum absolute atomic E-state index is 13.3. The summed E-state index contributed by atoms with van der Waals surface area (Å²) in [6.07, 6.45) is 22.1. The largest absolute Gasteiger partial charge is 0.496 e. The molecule has 2 aromatic carbocycles. The Bertz CT molecular complexity index is 3290. The van der Waals surface area contributed by atoms with Crippen LogP contribution in [-0.4, -0.2) is 106 Å². The van der Waals surface area contributed by atoms with E-state index < -0.39 is 13.2 Å². The number of fused-ring (bicyclic) bond motifs is 6. The summed E-state index contributed by atoms with van der Waals surface area (Å²) in [4.78, 5) is 37.4. The van der Waals surface area contributed by atoms with Crippen molar-refractivity contribution in [1.82, 2.24) is 29.0 Å². The number of Topliss-reactive ketones (excluding diaryl/α,β-unsaturated/α-hetero) is 2. The summed E-state index contributed by atoms with van der Waals surface area (Å²) in [5.41, 5.74) is 3.83. The molecule has 428 valence electrons. The van der Waals surface area contributed by atoms with E-state index in [1.165, 1.54) is 45.3 Å². The van der Waals surface area contributed by atoms with Crippen LogP contribution in [0.5, 0.6) is 34.5 Å². The molecule has 1 N–H and O–H groups in total. The van der Waals surface area contributed by atoms with Crippen LogP contribution in [0.25, 0.3) is 33.8 Å². The molecule has 6 aliphatic rings. The van der Waals surface area contributed by atoms with Gasteiger partial charge >= 0.3 is 13.2 Å². The molecule has 2 aliphatic carbocycles. The third-order valence-electron chi connectivity index (χ3n) is 15.9. The number of carbonyl (C=O) groups excluding carboxylic acids is 2. The highest BCUT2D eigenvalue weighted by molar-refractivity contribution is 6.03. The van der Waals surface area contributed by atoms with Gasteiger partial charge in [-0.3, -0.25) is 23.3 Å². The van der Waals surface area contributed by atoms with Crippen molar-refractivity contribution < 1.29 is 55.6 Å². The number of nitrogens with zero attached hydrogens (tertiary/aromatic N) is 7. The number of piperidine rings is 2. The second-order valence-corrected chi connectivity index (χ2v) is 21.4. The number of alkyl halides is 4. The standard InChI is InChI=1S/C30H32F2N4O4.C27H29F2N3O4.C3H3N.ClH/c1-38-26-12-19(13-27(40-30(31)32)29(26)25(37)11-18-3-4-18)24-17-34-28-16-22(7-10-36(24)28)39-23-14-20-5-6-21(15-23)35(20)9-2-8-33;1-34-23-9-16(10-24(36-27(28)29)26(23)22(33)8-15-2-3-15)21-14-30-25-13-19(6-7-32(21)25)35-20-11-17-4-5-18(12-20)31-17;1-2-3-4;/h7,10,12-13,16-18,20-21,23,30H,2-6,9,11,14-15H2,1H3;6-7,9-10,13-15,17-18,20,27,31H,2-5,8,11-12H2,1H3;2H,1H2;1H/t20-,21+,23?;17-,18+,20?;;. The molecular weight excluding hydrogens is 1070 g/mol. The molecule has 21 heteroatoms. The number of halogens is 5. The molecule has 6 aromatic rings. The number of ether oxygens (including phenoxy) is 6. The van der Waals surface area contributed by atoms with Crippen molar-refractivity contribution in [1.29, 1.82) is 10.5 Å². The number of nitrogens with one attached hydrogen (secondary N) is 1. The monoisotopic (exact) mass is 1140 g/mol. The lowest BCUT2D eigenvalue weighted by Crippen LogP contribution is -2.46. The number of rotatable bonds is 20. The van der Waals surface area contributed by atoms with Crippen LogP contribution >= 0.6 is 12.4 Å². The fourth-order valence-corrected chi connectivity index (χ4v) is 11.9. The zero-order chi connectivity index (χ0) is 56.0. The van der Waals surface area contributed by atoms with E-state index >= 15 is 0 Å². The van der Waals surface area contributed by atoms with Gasteiger partial charge in [0.05, 0.1) is 50.1 Å². The minimum Gasteiger partial charge on any atom is -0.496 e. The highest BCUT2D eigenvalue weighted by Crippen LogP contribution is 2.44. The fraction of sp³-hybridized carbons (Fsp3) is 0.467. The Morgan fingerprint density at radius 1 is 0.679 bits per heavy atom. The summed E-state index contributed by atoms with van der Waals surface area (Å²) < 4.78 is 90.2. The predicted octanol–water partition coefficient (Wildman–Crippen LogP) is 12.3. The summed E-state index contributed by atoms with van der Waals surface area (Å²) >= 11 is 0. The van der Waals surface area contributed by atoms with Crippen molar-refractivity contribution in [2.24, 2.45) is 11.8 Å². The second-order valence-electron chi connectivity index (χ2n) is 21.4. The highest BCUT2D eigenvalue weighted by atomic mass is 35.5. The van der Waals surface area contributed by atoms with E-state index in [1.807, 2.05) is 45.5 Å². The molecule has 0 amide bonds. The van der Waals surface area contributed by atoms with Gasteiger partial charge in [-0.1, -0.05) is 6.58 Å². The Labute approximate surface area is 473 Å². The fourth-order valence-electron chi connectivity index (χ4n) is 11.9. The van der Waals surface area contributed by atoms with Gasteiger partial charge in [-0.15, -0.1) is 12.4 Å². The van der Waals surface area contributed by atoms with Crippen LogP contribution in [0.3, 0.4) is 0 Å². The smallest absolute Gasteiger partial charge is 0.387 e. The molecule has 6 fully saturated rings. The molecule has 4 bridgehead atoms. The molecule has 12 rings (SSSR count). The Hall–Kier alpha value is -7.39. The van der Waals surface area contributed by atoms with E-state index in [1.54, 1.807) is 30.6 Å². The van der Waals surface area contributed by atoms with Gasteiger partial charge in [-0.2, -0.15) is 28.1 Å². The van der Waals surface area contributed by atoms with Gasteiger partial charge in [-0.05, 0) is 125 Å². The number of ketones is 2. The molecule has 0 spiro atoms. The van der Waals surface area contributed by atoms with Gasteiger partial charge in [0.1, 0.15) is 69.1 Å². The lowest BCUT2D eigenvalue weighted by molar-refractivity contribution is -0.0509. The van der Waals surface area contributed by atoms with Crippen LogP contribution in [0.4, 0.5) is 17.6 Å². The average Bonchev–Trinajstić information content (AvgIpc) is 4.39. The topological polar surface area (TPSA) is 187 Å². The van der Waals surface area contributed by atoms with Crippen molar-refractivity contribution in [2.45, 2.75) is 146 Å². The first-order chi connectivity index (χ1) is 38.8. The molecule has 6 atom stereocenters. The Balaban J connectivity index is 0.000000182. The van der Waals surface area contributed by atoms with E-state index in [2.05, 4.69) is 32.8 Å². The maximum Gasteiger partial charge on any atom is 0.387 e. The van der Waals surface area contributed by atoms with Crippen LogP contribution in [0, 0.1) is 34.5 Å². The zero-order valence-corrected chi connectivity index (χ0v) is 45.9. The number of aromatic nitrogens is 4. The first-order valence-electron chi connectivity index (χ1n) is 27.4. The number of imidazole rings is 2. The van der Waals surface area contributed by atoms with Gasteiger partial charge < -0.3 is 33.7 Å². The normalized spacial score (nSPS) is 21.6. The lowest BCUT2D eigenvalue weighted by Gasteiger charge is -2.38. The summed E-state index contributed by atoms with van der Waals surface area (Å²) in [6.45, 7) is -2.20. The Morgan fingerprint density at radius 2 is 1.11 bits per heavy atom. The van der Waals surface area contributed by atoms with E-state index in [-0.39, 0.29) is 82.6 Å². The number of nitriles is 2. The lowest BCUT2D eigenvalue weighted by atomic mass is 9.99. The van der Waals surface area contributed by atoms with Gasteiger partial charge in [0.2, 0.25) is 0 Å². The predicted molar refractivity (Wildman–Crippen MR) is 295 cm³/mol. The average molecular weight is 1140 g/mol. The molecule has 4 aromatic heterocycles. The zero-order valence-electron chi connectivity index (χ0n) is 45.1. The highest BCUT2D eigenvalue weighted by Gasteiger charge is 2.41. The van der Waals surface area contributed by atoms with Crippen molar-refractivity contribution in [3.05, 3.63) is 97.1 Å². The summed E-state index contributed by atoms with van der Waals surface area (Å²) in [6, 6.07) is 19.7. The summed E-state index contributed by atoms with van der Waals surface area (Å²) in [7, 11) is 2.84. The van der Waals surface area contributed by atoms with Gasteiger partial charge in [-0.25, -0.2) is 9.97 Å². The van der Waals surface area contributed by atoms with Crippen LogP contribution < -0.4 is 33.7 Å². The molecular formula is C60H65ClF4N8O8. The third-order valence-corrected chi connectivity index (χ3v) is 15.9. The van der Waals surface area contributed by atoms with Crippen LogP contribution in [-0.2, 0) is 0 Å². The quantitative estimate of drug-likeness (QED) is 0.0432. The Kier molecular flexibility index (Phi) is 18.7. The van der Waals surface area contributed by atoms with Crippen molar-refractivity contribution in [3.8, 4) is 69.2 Å². The number of allylic oxidation sites excluding steroid dienone is 1. The van der Waals surface area contributed by atoms with E-state index in [0.717, 1.165) is 82.3 Å². The van der Waals surface area contributed by atoms with Crippen molar-refractivity contribution in [3.63, 3.8) is 0 Å². The number of carbonyl (C=O) groups is 2. The van der Waals surface area contributed by atoms with Gasteiger partial charge in [0.15, 0.2) is 11.6 Å². The van der Waals surface area contributed by atoms with Gasteiger partial charge in [0.25, 0.3) is 0 Å². The minimum absolute atomic E-state index is 0. The van der Waals surface area contributed by atoms with E-state index in [0.29, 0.717) is 76.7 Å². The first kappa shape index (κ1) is 58.3. The van der Waals surface area contributed by atoms with Crippen molar-refractivity contribution >= 4 is 35.3 Å². The SMILES string of the molecule is C=CC#N.COc1cc(-c2cnc3cc(OC4C[C@H]5CC[C@@H](C4)N5)ccn23)cc(OC(F)F)c1C(=O)CC1CC1.COc1cc(-c2cnc3cc(OC4C[C@H]5CC[C@@H](C4)N5CCC#N)ccn23)cc(OC(F)F)c1C(=O)CC1CC1.Cl. The molecule has 2 saturated carbocycles. The van der Waals surface area contributed by atoms with Gasteiger partial charge in [0, 0.05) is 91.7 Å². The molecule has 0 radical (unpaired) electrons. The molecule has 8 heterocycles. The number of methoxy groups -OCH3 is 2. The van der Waals surface area contributed by atoms with Crippen LogP contribution in [0.15, 0.2) is 86.0 Å². The van der Waals surface area contributed by atoms with E-state index in [4.69, 9.17) is 38.9 Å². The first-order valence-corrected chi connectivity index (χ1v) is 27.4. The van der Waals surface area contributed by atoms with Crippen LogP contribution in [0.1, 0.15) is 117 Å². The number of benzene rings is 2. The molecule has 2 unspecified atom stereocenters. The summed E-state index contributed by atoms with van der Waals surface area (Å²) in [5, 5.41) is 20.1. The maximum atomic E-state index is 13.3. The molecule has 4 saturated heterocycles. The number of hydrogen-bond donors (Lipinski definition) is 1. The molecule has 81 heavy (non-hydrogen) atoms. The Morgan fingerprint density at radius 3 is 1.51 bits per heavy atom. The van der Waals surface area contributed by atoms with E-state index in [9.17, 15) is 27.2 Å². The van der Waals surface area contributed by atoms with Crippen LogP contribution in [0.2, 0.25) is 0 Å².